The van der Waals surface area contributed by atoms with E-state index < -0.39 is 10.0 Å². The molecule has 1 N–H and O–H groups in total. The monoisotopic (exact) mass is 386 g/mol. The first-order valence-electron chi connectivity index (χ1n) is 9.33. The van der Waals surface area contributed by atoms with Crippen molar-refractivity contribution in [3.8, 4) is 0 Å². The third kappa shape index (κ3) is 4.57. The fourth-order valence-corrected chi connectivity index (χ4v) is 5.10. The largest absolute Gasteiger partial charge is 0.348 e. The fraction of sp³-hybridized carbons (Fsp3) is 0.381. The first-order valence-corrected chi connectivity index (χ1v) is 10.8. The van der Waals surface area contributed by atoms with E-state index in [0.29, 0.717) is 18.7 Å². The van der Waals surface area contributed by atoms with E-state index in [0.717, 1.165) is 30.4 Å². The minimum absolute atomic E-state index is 0.0113. The van der Waals surface area contributed by atoms with Crippen molar-refractivity contribution in [3.63, 3.8) is 0 Å². The number of sulfonamides is 1. The summed E-state index contributed by atoms with van der Waals surface area (Å²) >= 11 is 0. The van der Waals surface area contributed by atoms with Gasteiger partial charge in [0.2, 0.25) is 10.0 Å². The second-order valence-electron chi connectivity index (χ2n) is 7.16. The van der Waals surface area contributed by atoms with E-state index in [1.165, 1.54) is 6.07 Å². The van der Waals surface area contributed by atoms with Crippen molar-refractivity contribution in [3.05, 3.63) is 65.2 Å². The Kier molecular flexibility index (Phi) is 5.97. The van der Waals surface area contributed by atoms with Crippen LogP contribution in [-0.2, 0) is 16.6 Å². The Labute approximate surface area is 161 Å². The fourth-order valence-electron chi connectivity index (χ4n) is 3.35. The predicted octanol–water partition coefficient (Wildman–Crippen LogP) is 3.49. The van der Waals surface area contributed by atoms with Gasteiger partial charge in [0.1, 0.15) is 0 Å². The highest BCUT2D eigenvalue weighted by atomic mass is 32.2. The third-order valence-electron chi connectivity index (χ3n) is 5.02. The molecule has 2 aromatic rings. The van der Waals surface area contributed by atoms with Crippen LogP contribution in [0, 0.1) is 6.92 Å². The highest BCUT2D eigenvalue weighted by Gasteiger charge is 2.31. The average molecular weight is 387 g/mol. The van der Waals surface area contributed by atoms with Gasteiger partial charge < -0.3 is 5.32 Å². The smallest absolute Gasteiger partial charge is 0.251 e. The minimum atomic E-state index is -3.59. The topological polar surface area (TPSA) is 66.5 Å². The molecule has 1 atom stereocenters. The Bertz CT molecular complexity index is 907. The molecule has 3 rings (SSSR count). The average Bonchev–Trinajstić information content (AvgIpc) is 2.67. The van der Waals surface area contributed by atoms with Crippen molar-refractivity contribution in [1.82, 2.24) is 9.62 Å². The van der Waals surface area contributed by atoms with Crippen LogP contribution in [0.5, 0.6) is 0 Å². The summed E-state index contributed by atoms with van der Waals surface area (Å²) in [4.78, 5) is 12.7. The molecule has 0 radical (unpaired) electrons. The van der Waals surface area contributed by atoms with E-state index >= 15 is 0 Å². The number of rotatable bonds is 5. The maximum Gasteiger partial charge on any atom is 0.251 e. The second kappa shape index (κ2) is 8.23. The normalized spacial score (nSPS) is 18.2. The molecule has 6 heteroatoms. The quantitative estimate of drug-likeness (QED) is 0.855. The van der Waals surface area contributed by atoms with Gasteiger partial charge in [0.15, 0.2) is 0 Å². The molecule has 0 aromatic heterocycles. The molecule has 1 fully saturated rings. The molecule has 1 heterocycles. The lowest BCUT2D eigenvalue weighted by Gasteiger charge is -2.32. The zero-order chi connectivity index (χ0) is 19.4. The number of amides is 1. The lowest BCUT2D eigenvalue weighted by molar-refractivity contribution is 0.0950. The van der Waals surface area contributed by atoms with Crippen LogP contribution in [0.1, 0.15) is 47.7 Å². The van der Waals surface area contributed by atoms with Gasteiger partial charge in [-0.2, -0.15) is 4.31 Å². The summed E-state index contributed by atoms with van der Waals surface area (Å²) in [5.74, 6) is -0.278. The lowest BCUT2D eigenvalue weighted by Crippen LogP contribution is -2.42. The second-order valence-corrected chi connectivity index (χ2v) is 9.05. The van der Waals surface area contributed by atoms with E-state index in [1.807, 2.05) is 38.1 Å². The van der Waals surface area contributed by atoms with Gasteiger partial charge >= 0.3 is 0 Å². The summed E-state index contributed by atoms with van der Waals surface area (Å²) < 4.78 is 27.5. The van der Waals surface area contributed by atoms with Crippen LogP contribution in [0.3, 0.4) is 0 Å². The number of carbonyl (C=O) groups excluding carboxylic acids is 1. The van der Waals surface area contributed by atoms with E-state index in [-0.39, 0.29) is 16.8 Å². The van der Waals surface area contributed by atoms with Crippen molar-refractivity contribution in [2.24, 2.45) is 0 Å². The number of hydrogen-bond donors (Lipinski definition) is 1. The van der Waals surface area contributed by atoms with E-state index in [4.69, 9.17) is 0 Å². The third-order valence-corrected chi connectivity index (χ3v) is 7.03. The van der Waals surface area contributed by atoms with Crippen molar-refractivity contribution in [2.45, 2.75) is 50.6 Å². The standard InChI is InChI=1S/C21H26N2O3S/c1-16-9-11-18(12-10-16)15-22-21(24)19-7-5-8-20(14-19)27(25,26)23-13-4-3-6-17(23)2/h5,7-12,14,17H,3-4,6,13,15H2,1-2H3,(H,22,24). The van der Waals surface area contributed by atoms with Crippen molar-refractivity contribution < 1.29 is 13.2 Å². The molecule has 0 saturated carbocycles. The molecule has 0 aliphatic carbocycles. The first kappa shape index (κ1) is 19.6. The van der Waals surface area contributed by atoms with Crippen LogP contribution in [0.15, 0.2) is 53.4 Å². The van der Waals surface area contributed by atoms with Crippen molar-refractivity contribution in [1.29, 1.82) is 0 Å². The zero-order valence-corrected chi connectivity index (χ0v) is 16.6. The lowest BCUT2D eigenvalue weighted by atomic mass is 10.1. The van der Waals surface area contributed by atoms with Crippen LogP contribution in [0.2, 0.25) is 0 Å². The Hall–Kier alpha value is -2.18. The van der Waals surface area contributed by atoms with Gasteiger partial charge in [0.25, 0.3) is 5.91 Å². The number of benzene rings is 2. The summed E-state index contributed by atoms with van der Waals surface area (Å²) in [6.07, 6.45) is 2.80. The number of carbonyl (C=O) groups is 1. The molecule has 1 aliphatic rings. The summed E-state index contributed by atoms with van der Waals surface area (Å²) in [5.41, 5.74) is 2.52. The molecule has 2 aromatic carbocycles. The van der Waals surface area contributed by atoms with Gasteiger partial charge in [0, 0.05) is 24.7 Å². The minimum Gasteiger partial charge on any atom is -0.348 e. The number of aryl methyl sites for hydroxylation is 1. The Morgan fingerprint density at radius 1 is 1.15 bits per heavy atom. The SMILES string of the molecule is Cc1ccc(CNC(=O)c2cccc(S(=O)(=O)N3CCCCC3C)c2)cc1. The maximum atomic E-state index is 13.0. The van der Waals surface area contributed by atoms with Gasteiger partial charge in [-0.1, -0.05) is 42.3 Å². The van der Waals surface area contributed by atoms with Gasteiger partial charge in [-0.25, -0.2) is 8.42 Å². The molecule has 1 amide bonds. The van der Waals surface area contributed by atoms with Gasteiger partial charge in [0.05, 0.1) is 4.90 Å². The molecule has 27 heavy (non-hydrogen) atoms. The zero-order valence-electron chi connectivity index (χ0n) is 15.8. The van der Waals surface area contributed by atoms with Crippen LogP contribution in [0.25, 0.3) is 0 Å². The van der Waals surface area contributed by atoms with Crippen LogP contribution >= 0.6 is 0 Å². The molecule has 1 aliphatic heterocycles. The maximum absolute atomic E-state index is 13.0. The summed E-state index contributed by atoms with van der Waals surface area (Å²) in [5, 5.41) is 2.85. The highest BCUT2D eigenvalue weighted by Crippen LogP contribution is 2.25. The van der Waals surface area contributed by atoms with E-state index in [1.54, 1.807) is 22.5 Å². The molecule has 0 bridgehead atoms. The molecule has 5 nitrogen and oxygen atoms in total. The number of nitrogens with zero attached hydrogens (tertiary/aromatic N) is 1. The molecule has 1 unspecified atom stereocenters. The molecular weight excluding hydrogens is 360 g/mol. The van der Waals surface area contributed by atoms with Gasteiger partial charge in [-0.15, -0.1) is 0 Å². The highest BCUT2D eigenvalue weighted by molar-refractivity contribution is 7.89. The Balaban J connectivity index is 1.74. The molecule has 0 spiro atoms. The number of hydrogen-bond acceptors (Lipinski definition) is 3. The van der Waals surface area contributed by atoms with E-state index in [9.17, 15) is 13.2 Å². The van der Waals surface area contributed by atoms with E-state index in [2.05, 4.69) is 5.32 Å². The first-order chi connectivity index (χ1) is 12.9. The molecular formula is C21H26N2O3S. The van der Waals surface area contributed by atoms with Crippen molar-refractivity contribution in [2.75, 3.05) is 6.54 Å². The molecule has 1 saturated heterocycles. The van der Waals surface area contributed by atoms with Crippen LogP contribution < -0.4 is 5.32 Å². The number of nitrogens with one attached hydrogen (secondary N) is 1. The predicted molar refractivity (Wildman–Crippen MR) is 106 cm³/mol. The van der Waals surface area contributed by atoms with Gasteiger partial charge in [-0.3, -0.25) is 4.79 Å². The summed E-state index contributed by atoms with van der Waals surface area (Å²) in [6.45, 7) is 4.89. The Morgan fingerprint density at radius 2 is 1.89 bits per heavy atom. The van der Waals surface area contributed by atoms with Gasteiger partial charge in [-0.05, 0) is 50.5 Å². The number of piperidine rings is 1. The summed E-state index contributed by atoms with van der Waals surface area (Å²) in [6, 6.07) is 14.2. The van der Waals surface area contributed by atoms with Crippen LogP contribution in [0.4, 0.5) is 0 Å². The summed E-state index contributed by atoms with van der Waals surface area (Å²) in [7, 11) is -3.59. The van der Waals surface area contributed by atoms with Crippen molar-refractivity contribution >= 4 is 15.9 Å². The molecule has 144 valence electrons. The Morgan fingerprint density at radius 3 is 2.59 bits per heavy atom. The van der Waals surface area contributed by atoms with Crippen LogP contribution in [-0.4, -0.2) is 31.2 Å².